The van der Waals surface area contributed by atoms with Gasteiger partial charge in [0.1, 0.15) is 0 Å². The summed E-state index contributed by atoms with van der Waals surface area (Å²) in [4.78, 5) is 1.12. The molecule has 6 heteroatoms. The molecule has 0 amide bonds. The fourth-order valence-corrected chi connectivity index (χ4v) is 3.86. The molecule has 1 atom stereocenters. The molecule has 0 aliphatic rings. The van der Waals surface area contributed by atoms with Crippen molar-refractivity contribution in [3.05, 3.63) is 53.6 Å². The number of hydrogen-bond acceptors (Lipinski definition) is 2. The van der Waals surface area contributed by atoms with E-state index in [1.165, 1.54) is 0 Å². The van der Waals surface area contributed by atoms with Gasteiger partial charge in [0, 0.05) is 4.88 Å². The summed E-state index contributed by atoms with van der Waals surface area (Å²) in [5, 5.41) is 5.08. The van der Waals surface area contributed by atoms with Crippen LogP contribution in [0.15, 0.2) is 28.1 Å². The lowest BCUT2D eigenvalue weighted by Gasteiger charge is -2.15. The van der Waals surface area contributed by atoms with Crippen LogP contribution in [0.4, 0.5) is 0 Å². The molecule has 1 heterocycles. The number of thiophene rings is 1. The van der Waals surface area contributed by atoms with E-state index in [0.29, 0.717) is 10.0 Å². The Hall–Kier alpha value is 0.230. The van der Waals surface area contributed by atoms with Crippen LogP contribution in [0.25, 0.3) is 0 Å². The Balaban J connectivity index is 2.41. The van der Waals surface area contributed by atoms with E-state index in [-0.39, 0.29) is 6.04 Å². The average Bonchev–Trinajstić information content (AvgIpc) is 2.65. The van der Waals surface area contributed by atoms with Gasteiger partial charge in [-0.15, -0.1) is 11.3 Å². The lowest BCUT2D eigenvalue weighted by atomic mass is 10.1. The smallest absolute Gasteiger partial charge is 0.0888 e. The Morgan fingerprint density at radius 1 is 1.11 bits per heavy atom. The first-order valence-electron chi connectivity index (χ1n) is 5.10. The zero-order valence-corrected chi connectivity index (χ0v) is 14.0. The van der Waals surface area contributed by atoms with Crippen molar-refractivity contribution in [3.63, 3.8) is 0 Å². The van der Waals surface area contributed by atoms with Crippen LogP contribution < -0.4 is 5.32 Å². The lowest BCUT2D eigenvalue weighted by molar-refractivity contribution is 0.704. The monoisotopic (exact) mass is 383 g/mol. The summed E-state index contributed by atoms with van der Waals surface area (Å²) in [6, 6.07) is 7.62. The van der Waals surface area contributed by atoms with Crippen LogP contribution >= 0.6 is 62.1 Å². The van der Waals surface area contributed by atoms with E-state index in [0.717, 1.165) is 19.2 Å². The second-order valence-electron chi connectivity index (χ2n) is 3.67. The number of rotatable bonds is 3. The molecule has 0 aliphatic heterocycles. The van der Waals surface area contributed by atoms with Gasteiger partial charge in [0.25, 0.3) is 0 Å². The van der Waals surface area contributed by atoms with E-state index in [1.807, 2.05) is 25.2 Å². The fraction of sp³-hybridized carbons (Fsp3) is 0.167. The van der Waals surface area contributed by atoms with E-state index in [4.69, 9.17) is 34.8 Å². The first kappa shape index (κ1) is 14.6. The molecule has 96 valence electrons. The fourth-order valence-electron chi connectivity index (χ4n) is 1.67. The third-order valence-electron chi connectivity index (χ3n) is 2.51. The molecular formula is C12H9BrCl3NS. The van der Waals surface area contributed by atoms with Gasteiger partial charge in [0.15, 0.2) is 0 Å². The van der Waals surface area contributed by atoms with Crippen molar-refractivity contribution in [1.29, 1.82) is 0 Å². The van der Waals surface area contributed by atoms with Gasteiger partial charge in [0.05, 0.1) is 24.9 Å². The third-order valence-corrected chi connectivity index (χ3v) is 5.79. The minimum Gasteiger partial charge on any atom is -0.309 e. The van der Waals surface area contributed by atoms with Crippen LogP contribution in [-0.4, -0.2) is 7.05 Å². The van der Waals surface area contributed by atoms with Crippen molar-refractivity contribution in [2.24, 2.45) is 0 Å². The molecule has 0 spiro atoms. The largest absolute Gasteiger partial charge is 0.309 e. The first-order chi connectivity index (χ1) is 8.52. The zero-order chi connectivity index (χ0) is 13.3. The molecule has 0 aliphatic carbocycles. The summed E-state index contributed by atoms with van der Waals surface area (Å²) in [6.45, 7) is 0. The van der Waals surface area contributed by atoms with Crippen molar-refractivity contribution >= 4 is 62.1 Å². The molecule has 18 heavy (non-hydrogen) atoms. The van der Waals surface area contributed by atoms with E-state index >= 15 is 0 Å². The first-order valence-corrected chi connectivity index (χ1v) is 7.84. The van der Waals surface area contributed by atoms with Crippen LogP contribution in [0.1, 0.15) is 16.5 Å². The van der Waals surface area contributed by atoms with Gasteiger partial charge >= 0.3 is 0 Å². The molecule has 1 N–H and O–H groups in total. The molecule has 0 saturated heterocycles. The van der Waals surface area contributed by atoms with E-state index in [1.54, 1.807) is 17.4 Å². The van der Waals surface area contributed by atoms with Crippen LogP contribution in [-0.2, 0) is 0 Å². The lowest BCUT2D eigenvalue weighted by Crippen LogP contribution is -2.16. The quantitative estimate of drug-likeness (QED) is 0.706. The summed E-state index contributed by atoms with van der Waals surface area (Å²) >= 11 is 23.1. The molecule has 0 fully saturated rings. The number of benzene rings is 1. The highest BCUT2D eigenvalue weighted by molar-refractivity contribution is 9.11. The van der Waals surface area contributed by atoms with Crippen molar-refractivity contribution in [2.75, 3.05) is 7.05 Å². The molecule has 2 rings (SSSR count). The highest BCUT2D eigenvalue weighted by Crippen LogP contribution is 2.38. The highest BCUT2D eigenvalue weighted by atomic mass is 79.9. The molecule has 0 saturated carbocycles. The summed E-state index contributed by atoms with van der Waals surface area (Å²) in [5.74, 6) is 0. The summed E-state index contributed by atoms with van der Waals surface area (Å²) in [5.41, 5.74) is 1.05. The standard InChI is InChI=1S/C12H9BrCl3NS/c1-17-11(10-5-9(16)12(13)18-10)6-2-3-7(14)8(15)4-6/h2-5,11,17H,1H3. The Labute approximate surface area is 133 Å². The second-order valence-corrected chi connectivity index (χ2v) is 7.29. The molecule has 1 unspecified atom stereocenters. The van der Waals surface area contributed by atoms with Gasteiger partial charge in [-0.3, -0.25) is 0 Å². The Bertz CT molecular complexity index is 551. The zero-order valence-electron chi connectivity index (χ0n) is 9.31. The topological polar surface area (TPSA) is 12.0 Å². The number of halogens is 4. The molecule has 0 bridgehead atoms. The summed E-state index contributed by atoms with van der Waals surface area (Å²) < 4.78 is 0.930. The van der Waals surface area contributed by atoms with Gasteiger partial charge in [-0.1, -0.05) is 40.9 Å². The van der Waals surface area contributed by atoms with Crippen LogP contribution in [0, 0.1) is 0 Å². The Morgan fingerprint density at radius 3 is 2.33 bits per heavy atom. The van der Waals surface area contributed by atoms with Gasteiger partial charge < -0.3 is 5.32 Å². The number of nitrogens with one attached hydrogen (secondary N) is 1. The third kappa shape index (κ3) is 3.03. The molecule has 1 aromatic heterocycles. The van der Waals surface area contributed by atoms with Gasteiger partial charge in [-0.25, -0.2) is 0 Å². The predicted molar refractivity (Wildman–Crippen MR) is 84.4 cm³/mol. The van der Waals surface area contributed by atoms with Gasteiger partial charge in [-0.05, 0) is 46.7 Å². The summed E-state index contributed by atoms with van der Waals surface area (Å²) in [7, 11) is 1.90. The Kier molecular flexibility index (Phi) is 4.98. The maximum Gasteiger partial charge on any atom is 0.0888 e. The molecule has 0 radical (unpaired) electrons. The average molecular weight is 386 g/mol. The van der Waals surface area contributed by atoms with Crippen LogP contribution in [0.2, 0.25) is 15.1 Å². The van der Waals surface area contributed by atoms with E-state index < -0.39 is 0 Å². The number of hydrogen-bond donors (Lipinski definition) is 1. The van der Waals surface area contributed by atoms with Gasteiger partial charge in [0.2, 0.25) is 0 Å². The van der Waals surface area contributed by atoms with Crippen molar-refractivity contribution in [2.45, 2.75) is 6.04 Å². The molecule has 2 aromatic rings. The highest BCUT2D eigenvalue weighted by Gasteiger charge is 2.17. The SMILES string of the molecule is CNC(c1ccc(Cl)c(Cl)c1)c1cc(Cl)c(Br)s1. The van der Waals surface area contributed by atoms with Crippen molar-refractivity contribution in [3.8, 4) is 0 Å². The van der Waals surface area contributed by atoms with E-state index in [9.17, 15) is 0 Å². The normalized spacial score (nSPS) is 12.7. The molecular weight excluding hydrogens is 376 g/mol. The van der Waals surface area contributed by atoms with Crippen molar-refractivity contribution < 1.29 is 0 Å². The van der Waals surface area contributed by atoms with E-state index in [2.05, 4.69) is 21.2 Å². The second kappa shape index (κ2) is 6.12. The minimum absolute atomic E-state index is 0.0496. The summed E-state index contributed by atoms with van der Waals surface area (Å²) in [6.07, 6.45) is 0. The molecule has 1 aromatic carbocycles. The minimum atomic E-state index is 0.0496. The molecule has 1 nitrogen and oxygen atoms in total. The van der Waals surface area contributed by atoms with Gasteiger partial charge in [-0.2, -0.15) is 0 Å². The Morgan fingerprint density at radius 2 is 1.83 bits per heavy atom. The predicted octanol–water partition coefficient (Wildman–Crippen LogP) is 5.78. The van der Waals surface area contributed by atoms with Crippen molar-refractivity contribution in [1.82, 2.24) is 5.32 Å². The maximum absolute atomic E-state index is 6.06. The van der Waals surface area contributed by atoms with Crippen LogP contribution in [0.3, 0.4) is 0 Å². The van der Waals surface area contributed by atoms with Crippen LogP contribution in [0.5, 0.6) is 0 Å². The maximum atomic E-state index is 6.06.